The summed E-state index contributed by atoms with van der Waals surface area (Å²) in [7, 11) is -1.78. The Hall–Kier alpha value is -3.08. The maximum absolute atomic E-state index is 13.6. The lowest BCUT2D eigenvalue weighted by Crippen LogP contribution is -2.50. The van der Waals surface area contributed by atoms with Crippen molar-refractivity contribution in [3.63, 3.8) is 0 Å². The molecular weight excluding hydrogens is 504 g/mol. The van der Waals surface area contributed by atoms with Gasteiger partial charge in [-0.15, -0.1) is 0 Å². The maximum atomic E-state index is 13.6. The van der Waals surface area contributed by atoms with Gasteiger partial charge in [0.2, 0.25) is 15.8 Å². The van der Waals surface area contributed by atoms with Gasteiger partial charge in [-0.2, -0.15) is 14.1 Å². The highest BCUT2D eigenvalue weighted by Gasteiger charge is 2.31. The molecule has 0 saturated carbocycles. The molecule has 0 radical (unpaired) electrons. The van der Waals surface area contributed by atoms with Crippen LogP contribution < -0.4 is 19.9 Å². The first-order chi connectivity index (χ1) is 17.2. The van der Waals surface area contributed by atoms with E-state index < -0.39 is 20.8 Å². The predicted molar refractivity (Wildman–Crippen MR) is 140 cm³/mol. The zero-order valence-electron chi connectivity index (χ0n) is 20.4. The number of methoxy groups -OCH3 is 1. The normalized spacial score (nSPS) is 14.8. The van der Waals surface area contributed by atoms with E-state index >= 15 is 0 Å². The molecule has 0 N–H and O–H groups in total. The summed E-state index contributed by atoms with van der Waals surface area (Å²) in [6.45, 7) is 4.87. The molecule has 9 nitrogen and oxygen atoms in total. The van der Waals surface area contributed by atoms with E-state index in [1.54, 1.807) is 51.4 Å². The fourth-order valence-corrected chi connectivity index (χ4v) is 5.49. The van der Waals surface area contributed by atoms with E-state index in [1.165, 1.54) is 8.99 Å². The molecule has 192 valence electrons. The average Bonchev–Trinajstić information content (AvgIpc) is 2.88. The van der Waals surface area contributed by atoms with Crippen LogP contribution in [0.25, 0.3) is 5.69 Å². The van der Waals surface area contributed by atoms with Crippen LogP contribution in [0, 0.1) is 0 Å². The molecule has 1 aromatic heterocycles. The number of benzene rings is 2. The van der Waals surface area contributed by atoms with Crippen LogP contribution in [0.4, 0.5) is 5.69 Å². The van der Waals surface area contributed by atoms with Crippen molar-refractivity contribution in [3.05, 3.63) is 75.7 Å². The molecule has 3 aromatic rings. The Morgan fingerprint density at radius 1 is 1.06 bits per heavy atom. The molecule has 1 aliphatic heterocycles. The lowest BCUT2D eigenvalue weighted by Gasteiger charge is -2.36. The number of para-hydroxylation sites is 1. The third kappa shape index (κ3) is 5.35. The van der Waals surface area contributed by atoms with Crippen molar-refractivity contribution in [3.8, 4) is 17.2 Å². The number of ether oxygens (including phenoxy) is 2. The van der Waals surface area contributed by atoms with E-state index in [1.807, 2.05) is 29.2 Å². The van der Waals surface area contributed by atoms with Crippen LogP contribution in [0.1, 0.15) is 19.4 Å². The molecule has 0 aliphatic carbocycles. The van der Waals surface area contributed by atoms with E-state index in [2.05, 4.69) is 5.10 Å². The number of halogens is 1. The Balaban J connectivity index is 1.68. The quantitative estimate of drug-likeness (QED) is 0.439. The maximum Gasteiger partial charge on any atom is 0.316 e. The van der Waals surface area contributed by atoms with Crippen LogP contribution in [0.15, 0.2) is 59.5 Å². The van der Waals surface area contributed by atoms with Gasteiger partial charge in [-0.3, -0.25) is 4.79 Å². The van der Waals surface area contributed by atoms with Crippen LogP contribution >= 0.6 is 11.6 Å². The van der Waals surface area contributed by atoms with Crippen molar-refractivity contribution >= 4 is 27.3 Å². The summed E-state index contributed by atoms with van der Waals surface area (Å²) in [6.07, 6.45) is 1.58. The summed E-state index contributed by atoms with van der Waals surface area (Å²) >= 11 is 6.14. The largest absolute Gasteiger partial charge is 0.496 e. The topological polar surface area (TPSA) is 94.0 Å². The first kappa shape index (κ1) is 26.0. The molecule has 0 unspecified atom stereocenters. The fourth-order valence-electron chi connectivity index (χ4n) is 4.04. The number of hydrogen-bond acceptors (Lipinski definition) is 7. The third-order valence-electron chi connectivity index (χ3n) is 6.07. The second-order valence-corrected chi connectivity index (χ2v) is 11.6. The zero-order chi connectivity index (χ0) is 25.9. The first-order valence-corrected chi connectivity index (χ1v) is 13.5. The summed E-state index contributed by atoms with van der Waals surface area (Å²) in [5.41, 5.74) is 1.36. The minimum Gasteiger partial charge on any atom is -0.496 e. The summed E-state index contributed by atoms with van der Waals surface area (Å²) in [4.78, 5) is 15.5. The molecule has 1 aliphatic rings. The highest BCUT2D eigenvalue weighted by Crippen LogP contribution is 2.28. The minimum atomic E-state index is -3.36. The van der Waals surface area contributed by atoms with E-state index in [9.17, 15) is 13.2 Å². The van der Waals surface area contributed by atoms with Crippen molar-refractivity contribution in [1.82, 2.24) is 14.1 Å². The van der Waals surface area contributed by atoms with Crippen LogP contribution in [0.3, 0.4) is 0 Å². The third-order valence-corrected chi connectivity index (χ3v) is 8.58. The lowest BCUT2D eigenvalue weighted by atomic mass is 10.2. The Labute approximate surface area is 215 Å². The Kier molecular flexibility index (Phi) is 7.87. The van der Waals surface area contributed by atoms with Crippen molar-refractivity contribution in [2.45, 2.75) is 25.7 Å². The summed E-state index contributed by atoms with van der Waals surface area (Å²) in [5.74, 6) is 0.770. The molecule has 0 amide bonds. The smallest absolute Gasteiger partial charge is 0.316 e. The van der Waals surface area contributed by atoms with Crippen molar-refractivity contribution in [1.29, 1.82) is 0 Å². The molecule has 2 aromatic carbocycles. The summed E-state index contributed by atoms with van der Waals surface area (Å²) < 4.78 is 39.4. The molecule has 1 fully saturated rings. The molecule has 11 heteroatoms. The Bertz CT molecular complexity index is 1390. The molecule has 0 spiro atoms. The summed E-state index contributed by atoms with van der Waals surface area (Å²) in [6, 6.07) is 14.3. The zero-order valence-corrected chi connectivity index (χ0v) is 22.0. The SMILES string of the molecule is COc1ccccc1COc1c(N2CCN(S(=O)(=O)C(C)C)CC2)cnn(-c2cccc(Cl)c2)c1=O. The number of rotatable bonds is 8. The standard InChI is InChI=1S/C25H29ClN4O5S/c1-18(2)36(32,33)29-13-11-28(12-14-29)22-16-27-30(21-9-6-8-20(26)15-21)25(31)24(22)35-17-19-7-4-5-10-23(19)34-3/h4-10,15-16,18H,11-14,17H2,1-3H3. The average molecular weight is 533 g/mol. The number of hydrogen-bond donors (Lipinski definition) is 0. The second kappa shape index (κ2) is 10.9. The van der Waals surface area contributed by atoms with Gasteiger partial charge in [0.15, 0.2) is 0 Å². The molecule has 36 heavy (non-hydrogen) atoms. The number of sulfonamides is 1. The van der Waals surface area contributed by atoms with Crippen LogP contribution in [-0.4, -0.2) is 61.0 Å². The molecule has 2 heterocycles. The van der Waals surface area contributed by atoms with Gasteiger partial charge in [0, 0.05) is 36.8 Å². The van der Waals surface area contributed by atoms with Crippen LogP contribution in [-0.2, 0) is 16.6 Å². The van der Waals surface area contributed by atoms with Crippen molar-refractivity contribution < 1.29 is 17.9 Å². The molecule has 4 rings (SSSR count). The Morgan fingerprint density at radius 3 is 2.44 bits per heavy atom. The van der Waals surface area contributed by atoms with E-state index in [4.69, 9.17) is 21.1 Å². The number of anilines is 1. The highest BCUT2D eigenvalue weighted by atomic mass is 35.5. The number of piperazine rings is 1. The van der Waals surface area contributed by atoms with Gasteiger partial charge in [-0.1, -0.05) is 35.9 Å². The van der Waals surface area contributed by atoms with Gasteiger partial charge in [0.25, 0.3) is 0 Å². The van der Waals surface area contributed by atoms with E-state index in [-0.39, 0.29) is 12.4 Å². The number of aromatic nitrogens is 2. The molecule has 0 atom stereocenters. The van der Waals surface area contributed by atoms with E-state index in [0.717, 1.165) is 5.56 Å². The first-order valence-electron chi connectivity index (χ1n) is 11.6. The van der Waals surface area contributed by atoms with Gasteiger partial charge in [0.05, 0.1) is 24.2 Å². The lowest BCUT2D eigenvalue weighted by molar-refractivity contribution is 0.289. The number of nitrogens with zero attached hydrogens (tertiary/aromatic N) is 4. The molecule has 0 bridgehead atoms. The van der Waals surface area contributed by atoms with Crippen LogP contribution in [0.5, 0.6) is 11.5 Å². The minimum absolute atomic E-state index is 0.105. The van der Waals surface area contributed by atoms with Crippen molar-refractivity contribution in [2.75, 3.05) is 38.2 Å². The van der Waals surface area contributed by atoms with Gasteiger partial charge in [0.1, 0.15) is 18.0 Å². The van der Waals surface area contributed by atoms with Gasteiger partial charge >= 0.3 is 5.56 Å². The molecule has 1 saturated heterocycles. The summed E-state index contributed by atoms with van der Waals surface area (Å²) in [5, 5.41) is 4.36. The van der Waals surface area contributed by atoms with Gasteiger partial charge in [-0.25, -0.2) is 8.42 Å². The highest BCUT2D eigenvalue weighted by molar-refractivity contribution is 7.89. The predicted octanol–water partition coefficient (Wildman–Crippen LogP) is 3.33. The van der Waals surface area contributed by atoms with E-state index in [0.29, 0.717) is 48.3 Å². The Morgan fingerprint density at radius 2 is 1.78 bits per heavy atom. The van der Waals surface area contributed by atoms with Crippen molar-refractivity contribution in [2.24, 2.45) is 0 Å². The van der Waals surface area contributed by atoms with Crippen LogP contribution in [0.2, 0.25) is 5.02 Å². The fraction of sp³-hybridized carbons (Fsp3) is 0.360. The monoisotopic (exact) mass is 532 g/mol. The second-order valence-electron chi connectivity index (χ2n) is 8.64. The van der Waals surface area contributed by atoms with Gasteiger partial charge in [-0.05, 0) is 38.1 Å². The van der Waals surface area contributed by atoms with Gasteiger partial charge < -0.3 is 14.4 Å². The molecular formula is C25H29ClN4O5S.